The maximum Gasteiger partial charge on any atom is 0.191 e. The largest absolute Gasteiger partial charge is 0.493 e. The van der Waals surface area contributed by atoms with Crippen LogP contribution >= 0.6 is 24.0 Å². The van der Waals surface area contributed by atoms with Crippen molar-refractivity contribution >= 4 is 29.9 Å². The Kier molecular flexibility index (Phi) is 12.2. The van der Waals surface area contributed by atoms with Crippen molar-refractivity contribution in [3.05, 3.63) is 54.1 Å². The van der Waals surface area contributed by atoms with Gasteiger partial charge in [0.15, 0.2) is 17.5 Å². The second-order valence-electron chi connectivity index (χ2n) is 7.33. The van der Waals surface area contributed by atoms with E-state index in [1.807, 2.05) is 48.5 Å². The van der Waals surface area contributed by atoms with Gasteiger partial charge in [0.1, 0.15) is 5.75 Å². The molecule has 1 aliphatic heterocycles. The molecule has 0 aliphatic carbocycles. The summed E-state index contributed by atoms with van der Waals surface area (Å²) in [5.41, 5.74) is 1.12. The van der Waals surface area contributed by atoms with Crippen LogP contribution in [0.5, 0.6) is 17.2 Å². The van der Waals surface area contributed by atoms with Gasteiger partial charge in [0.05, 0.1) is 26.9 Å². The van der Waals surface area contributed by atoms with Crippen LogP contribution in [0.4, 0.5) is 0 Å². The number of methoxy groups -OCH3 is 1. The van der Waals surface area contributed by atoms with E-state index in [-0.39, 0.29) is 24.0 Å². The van der Waals surface area contributed by atoms with Crippen LogP contribution in [-0.2, 0) is 11.3 Å². The number of halogens is 1. The maximum atomic E-state index is 5.94. The van der Waals surface area contributed by atoms with Gasteiger partial charge in [-0.3, -0.25) is 4.90 Å². The molecule has 1 heterocycles. The Hall–Kier alpha value is -2.04. The van der Waals surface area contributed by atoms with Crippen molar-refractivity contribution in [2.75, 3.05) is 53.0 Å². The summed E-state index contributed by atoms with van der Waals surface area (Å²) in [5, 5.41) is 6.74. The average Bonchev–Trinajstić information content (AvgIpc) is 2.82. The van der Waals surface area contributed by atoms with Crippen molar-refractivity contribution in [1.29, 1.82) is 0 Å². The van der Waals surface area contributed by atoms with Gasteiger partial charge in [-0.15, -0.1) is 24.0 Å². The van der Waals surface area contributed by atoms with Crippen LogP contribution in [0.3, 0.4) is 0 Å². The van der Waals surface area contributed by atoms with Crippen molar-refractivity contribution in [2.45, 2.75) is 19.9 Å². The lowest BCUT2D eigenvalue weighted by Gasteiger charge is -2.26. The minimum Gasteiger partial charge on any atom is -0.493 e. The minimum atomic E-state index is 0. The lowest BCUT2D eigenvalue weighted by Crippen LogP contribution is -2.40. The first-order valence-electron chi connectivity index (χ1n) is 11.0. The Bertz CT molecular complexity index is 811. The SMILES string of the molecule is CCNC(=NCc1ccc(Oc2ccccc2OC)cc1)NCCCN1CCOCC1.I. The standard InChI is InChI=1S/C24H34N4O3.HI/c1-3-25-24(26-13-6-14-28-15-17-30-18-16-28)27-19-20-9-11-21(12-10-20)31-23-8-5-4-7-22(23)29-2;/h4-5,7-12H,3,6,13-19H2,1-2H3,(H2,25,26,27);1H. The molecule has 32 heavy (non-hydrogen) atoms. The van der Waals surface area contributed by atoms with E-state index in [2.05, 4.69) is 22.5 Å². The smallest absolute Gasteiger partial charge is 0.191 e. The monoisotopic (exact) mass is 554 g/mol. The summed E-state index contributed by atoms with van der Waals surface area (Å²) in [7, 11) is 1.64. The quantitative estimate of drug-likeness (QED) is 0.201. The predicted octanol–water partition coefficient (Wildman–Crippen LogP) is 3.88. The zero-order chi connectivity index (χ0) is 21.7. The molecule has 0 bridgehead atoms. The molecule has 1 aliphatic rings. The number of nitrogens with zero attached hydrogens (tertiary/aromatic N) is 2. The molecule has 0 atom stereocenters. The number of aliphatic imine (C=N–C) groups is 1. The minimum absolute atomic E-state index is 0. The second-order valence-corrected chi connectivity index (χ2v) is 7.33. The number of hydrogen-bond acceptors (Lipinski definition) is 5. The highest BCUT2D eigenvalue weighted by Crippen LogP contribution is 2.30. The molecule has 176 valence electrons. The topological polar surface area (TPSA) is 67.4 Å². The molecule has 2 aromatic carbocycles. The third-order valence-corrected chi connectivity index (χ3v) is 5.03. The Balaban J connectivity index is 0.00000363. The van der Waals surface area contributed by atoms with E-state index in [0.29, 0.717) is 18.0 Å². The fourth-order valence-corrected chi connectivity index (χ4v) is 3.34. The lowest BCUT2D eigenvalue weighted by molar-refractivity contribution is 0.0376. The normalized spacial score (nSPS) is 14.4. The van der Waals surface area contributed by atoms with Gasteiger partial charge >= 0.3 is 0 Å². The summed E-state index contributed by atoms with van der Waals surface area (Å²) in [6.07, 6.45) is 1.08. The van der Waals surface area contributed by atoms with E-state index in [1.54, 1.807) is 7.11 Å². The molecule has 1 saturated heterocycles. The molecule has 2 aromatic rings. The third kappa shape index (κ3) is 8.84. The van der Waals surface area contributed by atoms with Crippen LogP contribution in [0, 0.1) is 0 Å². The van der Waals surface area contributed by atoms with Gasteiger partial charge in [0.25, 0.3) is 0 Å². The Morgan fingerprint density at radius 3 is 2.44 bits per heavy atom. The molecule has 7 nitrogen and oxygen atoms in total. The molecule has 0 spiro atoms. The number of rotatable bonds is 10. The summed E-state index contributed by atoms with van der Waals surface area (Å²) >= 11 is 0. The molecule has 0 unspecified atom stereocenters. The number of guanidine groups is 1. The molecule has 8 heteroatoms. The highest BCUT2D eigenvalue weighted by Gasteiger charge is 2.09. The zero-order valence-corrected chi connectivity index (χ0v) is 21.3. The first-order chi connectivity index (χ1) is 15.3. The average molecular weight is 554 g/mol. The summed E-state index contributed by atoms with van der Waals surface area (Å²) in [6.45, 7) is 9.26. The number of hydrogen-bond donors (Lipinski definition) is 2. The fourth-order valence-electron chi connectivity index (χ4n) is 3.34. The molecular formula is C24H35IN4O3. The van der Waals surface area contributed by atoms with Crippen LogP contribution in [0.25, 0.3) is 0 Å². The number of ether oxygens (including phenoxy) is 3. The van der Waals surface area contributed by atoms with Gasteiger partial charge in [-0.05, 0) is 49.7 Å². The summed E-state index contributed by atoms with van der Waals surface area (Å²) < 4.78 is 16.7. The number of morpholine rings is 1. The van der Waals surface area contributed by atoms with Crippen LogP contribution in [0.2, 0.25) is 0 Å². The molecule has 2 N–H and O–H groups in total. The Morgan fingerprint density at radius 1 is 1.03 bits per heavy atom. The molecule has 0 radical (unpaired) electrons. The number of para-hydroxylation sites is 2. The summed E-state index contributed by atoms with van der Waals surface area (Å²) in [4.78, 5) is 7.16. The van der Waals surface area contributed by atoms with Crippen molar-refractivity contribution < 1.29 is 14.2 Å². The first-order valence-corrected chi connectivity index (χ1v) is 11.0. The first kappa shape index (κ1) is 26.2. The van der Waals surface area contributed by atoms with Gasteiger partial charge < -0.3 is 24.8 Å². The van der Waals surface area contributed by atoms with Gasteiger partial charge in [0, 0.05) is 26.2 Å². The van der Waals surface area contributed by atoms with E-state index in [9.17, 15) is 0 Å². The van der Waals surface area contributed by atoms with Crippen LogP contribution in [0.15, 0.2) is 53.5 Å². The molecule has 0 aromatic heterocycles. The van der Waals surface area contributed by atoms with Crippen molar-refractivity contribution in [1.82, 2.24) is 15.5 Å². The van der Waals surface area contributed by atoms with Gasteiger partial charge in [-0.25, -0.2) is 4.99 Å². The predicted molar refractivity (Wildman–Crippen MR) is 140 cm³/mol. The van der Waals surface area contributed by atoms with Crippen LogP contribution < -0.4 is 20.1 Å². The summed E-state index contributed by atoms with van der Waals surface area (Å²) in [5.74, 6) is 3.03. The van der Waals surface area contributed by atoms with Crippen molar-refractivity contribution in [3.8, 4) is 17.2 Å². The van der Waals surface area contributed by atoms with E-state index in [1.165, 1.54) is 0 Å². The van der Waals surface area contributed by atoms with E-state index < -0.39 is 0 Å². The zero-order valence-electron chi connectivity index (χ0n) is 19.0. The van der Waals surface area contributed by atoms with Crippen molar-refractivity contribution in [3.63, 3.8) is 0 Å². The molecule has 3 rings (SSSR count). The molecular weight excluding hydrogens is 519 g/mol. The Morgan fingerprint density at radius 2 is 1.75 bits per heavy atom. The van der Waals surface area contributed by atoms with Crippen LogP contribution in [-0.4, -0.2) is 63.9 Å². The maximum absolute atomic E-state index is 5.94. The van der Waals surface area contributed by atoms with E-state index >= 15 is 0 Å². The third-order valence-electron chi connectivity index (χ3n) is 5.03. The molecule has 0 saturated carbocycles. The molecule has 0 amide bonds. The Labute approximate surface area is 208 Å². The van der Waals surface area contributed by atoms with Gasteiger partial charge in [-0.2, -0.15) is 0 Å². The number of nitrogens with one attached hydrogen (secondary N) is 2. The number of benzene rings is 2. The highest BCUT2D eigenvalue weighted by atomic mass is 127. The highest BCUT2D eigenvalue weighted by molar-refractivity contribution is 14.0. The van der Waals surface area contributed by atoms with Gasteiger partial charge in [0.2, 0.25) is 0 Å². The fraction of sp³-hybridized carbons (Fsp3) is 0.458. The van der Waals surface area contributed by atoms with Gasteiger partial charge in [-0.1, -0.05) is 24.3 Å². The van der Waals surface area contributed by atoms with E-state index in [4.69, 9.17) is 19.2 Å². The lowest BCUT2D eigenvalue weighted by atomic mass is 10.2. The molecule has 1 fully saturated rings. The van der Waals surface area contributed by atoms with E-state index in [0.717, 1.165) is 69.6 Å². The summed E-state index contributed by atoms with van der Waals surface area (Å²) in [6, 6.07) is 15.6. The van der Waals surface area contributed by atoms with Crippen molar-refractivity contribution in [2.24, 2.45) is 4.99 Å². The van der Waals surface area contributed by atoms with Crippen LogP contribution in [0.1, 0.15) is 18.9 Å². The second kappa shape index (κ2) is 14.9.